The number of aliphatic hydroxyl groups excluding tert-OH is 1. The van der Waals surface area contributed by atoms with Crippen LogP contribution in [0.2, 0.25) is 0 Å². The van der Waals surface area contributed by atoms with Crippen LogP contribution in [0.4, 0.5) is 0 Å². The van der Waals surface area contributed by atoms with Crippen LogP contribution in [0.5, 0.6) is 0 Å². The van der Waals surface area contributed by atoms with Crippen molar-refractivity contribution >= 4 is 22.7 Å². The molecule has 1 aromatic carbocycles. The summed E-state index contributed by atoms with van der Waals surface area (Å²) in [6, 6.07) is 5.75. The van der Waals surface area contributed by atoms with Gasteiger partial charge >= 0.3 is 0 Å². The van der Waals surface area contributed by atoms with E-state index in [0.717, 1.165) is 35.0 Å². The van der Waals surface area contributed by atoms with Gasteiger partial charge in [-0.1, -0.05) is 45.2 Å². The number of benzene rings is 1. The van der Waals surface area contributed by atoms with Gasteiger partial charge in [-0.25, -0.2) is 4.98 Å². The molecule has 0 atom stereocenters. The maximum atomic E-state index is 12.1. The third kappa shape index (κ3) is 5.64. The monoisotopic (exact) mass is 350 g/mol. The Morgan fingerprint density at radius 1 is 1.21 bits per heavy atom. The van der Waals surface area contributed by atoms with Crippen LogP contribution in [0.25, 0.3) is 10.9 Å². The predicted molar refractivity (Wildman–Crippen MR) is 105 cm³/mol. The van der Waals surface area contributed by atoms with E-state index in [2.05, 4.69) is 9.97 Å². The Bertz CT molecular complexity index is 664. The molecule has 0 amide bonds. The topological polar surface area (TPSA) is 66.0 Å². The zero-order chi connectivity index (χ0) is 17.9. The largest absolute Gasteiger partial charge is 0.400 e. The normalized spacial score (nSPS) is 14.4. The summed E-state index contributed by atoms with van der Waals surface area (Å²) >= 11 is 1.94. The minimum Gasteiger partial charge on any atom is -0.400 e. The molecule has 0 spiro atoms. The molecule has 0 bridgehead atoms. The van der Waals surface area contributed by atoms with Gasteiger partial charge in [0.15, 0.2) is 0 Å². The lowest BCUT2D eigenvalue weighted by molar-refractivity contribution is 0.399. The number of aryl methyl sites for hydroxylation is 1. The number of hydrogen-bond donors (Lipinski definition) is 2. The highest BCUT2D eigenvalue weighted by molar-refractivity contribution is 7.99. The molecular formula is C19H30N2O2S. The van der Waals surface area contributed by atoms with Crippen LogP contribution >= 0.6 is 11.8 Å². The molecule has 4 nitrogen and oxygen atoms in total. The van der Waals surface area contributed by atoms with E-state index >= 15 is 0 Å². The Morgan fingerprint density at radius 2 is 1.88 bits per heavy atom. The molecule has 0 radical (unpaired) electrons. The zero-order valence-electron chi connectivity index (χ0n) is 15.3. The quantitative estimate of drug-likeness (QED) is 0.859. The first kappa shape index (κ1) is 20.7. The third-order valence-corrected chi connectivity index (χ3v) is 5.38. The molecular weight excluding hydrogens is 320 g/mol. The first-order valence-corrected chi connectivity index (χ1v) is 9.84. The van der Waals surface area contributed by atoms with E-state index in [0.29, 0.717) is 5.39 Å². The number of rotatable bonds is 3. The molecule has 1 aliphatic rings. The van der Waals surface area contributed by atoms with Gasteiger partial charge < -0.3 is 10.1 Å². The Balaban J connectivity index is 0.000000671. The van der Waals surface area contributed by atoms with Crippen LogP contribution in [0.3, 0.4) is 0 Å². The van der Waals surface area contributed by atoms with Crippen molar-refractivity contribution in [2.24, 2.45) is 0 Å². The number of nitrogens with zero attached hydrogens (tertiary/aromatic N) is 1. The van der Waals surface area contributed by atoms with E-state index in [4.69, 9.17) is 5.11 Å². The molecule has 2 aromatic rings. The second-order valence-corrected chi connectivity index (χ2v) is 6.84. The fourth-order valence-electron chi connectivity index (χ4n) is 2.85. The molecule has 24 heavy (non-hydrogen) atoms. The number of aromatic nitrogens is 2. The highest BCUT2D eigenvalue weighted by Crippen LogP contribution is 2.29. The lowest BCUT2D eigenvalue weighted by Gasteiger charge is -2.20. The minimum absolute atomic E-state index is 0.0158. The van der Waals surface area contributed by atoms with Gasteiger partial charge in [-0.3, -0.25) is 4.79 Å². The number of thioether (sulfide) groups is 1. The first-order valence-electron chi connectivity index (χ1n) is 8.79. The second-order valence-electron chi connectivity index (χ2n) is 5.55. The van der Waals surface area contributed by atoms with Crippen molar-refractivity contribution in [3.05, 3.63) is 39.9 Å². The number of nitrogens with one attached hydrogen (secondary N) is 1. The van der Waals surface area contributed by atoms with E-state index in [-0.39, 0.29) is 5.56 Å². The lowest BCUT2D eigenvalue weighted by Crippen LogP contribution is -2.13. The summed E-state index contributed by atoms with van der Waals surface area (Å²) in [7, 11) is 1.00. The number of H-pyrrole nitrogens is 1. The van der Waals surface area contributed by atoms with Crippen LogP contribution in [0, 0.1) is 6.92 Å². The molecule has 2 N–H and O–H groups in total. The van der Waals surface area contributed by atoms with E-state index in [1.54, 1.807) is 0 Å². The van der Waals surface area contributed by atoms with Crippen LogP contribution in [0.1, 0.15) is 57.3 Å². The third-order valence-electron chi connectivity index (χ3n) is 3.99. The Labute approximate surface area is 149 Å². The van der Waals surface area contributed by atoms with Gasteiger partial charge in [0.2, 0.25) is 0 Å². The number of fused-ring (bicyclic) bond motifs is 1. The molecule has 3 rings (SSSR count). The van der Waals surface area contributed by atoms with Gasteiger partial charge in [0.05, 0.1) is 16.7 Å². The molecule has 1 aromatic heterocycles. The average Bonchev–Trinajstić information content (AvgIpc) is 2.65. The summed E-state index contributed by atoms with van der Waals surface area (Å²) in [5.74, 6) is 1.62. The molecule has 1 aliphatic carbocycles. The summed E-state index contributed by atoms with van der Waals surface area (Å²) in [5.41, 5.74) is 1.89. The summed E-state index contributed by atoms with van der Waals surface area (Å²) in [4.78, 5) is 19.7. The van der Waals surface area contributed by atoms with Crippen molar-refractivity contribution in [1.82, 2.24) is 9.97 Å². The van der Waals surface area contributed by atoms with Crippen LogP contribution in [-0.2, 0) is 5.75 Å². The Hall–Kier alpha value is -1.33. The average molecular weight is 351 g/mol. The summed E-state index contributed by atoms with van der Waals surface area (Å²) < 4.78 is 0. The van der Waals surface area contributed by atoms with Gasteiger partial charge in [0, 0.05) is 12.4 Å². The van der Waals surface area contributed by atoms with Crippen LogP contribution in [0.15, 0.2) is 23.0 Å². The Morgan fingerprint density at radius 3 is 2.54 bits per heavy atom. The SMILES string of the molecule is CC.CO.Cc1cccc2c(=O)[nH]c(CSC3CCCCC3)nc12. The van der Waals surface area contributed by atoms with Gasteiger partial charge in [-0.05, 0) is 31.4 Å². The number of hydrogen-bond acceptors (Lipinski definition) is 4. The highest BCUT2D eigenvalue weighted by Gasteiger charge is 2.14. The fraction of sp³-hybridized carbons (Fsp3) is 0.579. The summed E-state index contributed by atoms with van der Waals surface area (Å²) in [5, 5.41) is 8.43. The van der Waals surface area contributed by atoms with Gasteiger partial charge in [0.1, 0.15) is 5.82 Å². The van der Waals surface area contributed by atoms with Crippen molar-refractivity contribution < 1.29 is 5.11 Å². The molecule has 0 aliphatic heterocycles. The standard InChI is InChI=1S/C16H20N2OS.C2H6.CH4O/c1-11-6-5-9-13-15(11)17-14(18-16(13)19)10-20-12-7-3-2-4-8-12;2*1-2/h5-6,9,12H,2-4,7-8,10H2,1H3,(H,17,18,19);1-2H3;2H,1H3. The predicted octanol–water partition coefficient (Wildman–Crippen LogP) is 4.43. The number of aliphatic hydroxyl groups is 1. The van der Waals surface area contributed by atoms with Crippen molar-refractivity contribution in [3.8, 4) is 0 Å². The van der Waals surface area contributed by atoms with Gasteiger partial charge in [-0.2, -0.15) is 11.8 Å². The molecule has 134 valence electrons. The molecule has 0 unspecified atom stereocenters. The van der Waals surface area contributed by atoms with Gasteiger partial charge in [-0.15, -0.1) is 0 Å². The van der Waals surface area contributed by atoms with Crippen molar-refractivity contribution in [2.75, 3.05) is 7.11 Å². The number of para-hydroxylation sites is 1. The maximum Gasteiger partial charge on any atom is 0.258 e. The smallest absolute Gasteiger partial charge is 0.258 e. The molecule has 1 heterocycles. The van der Waals surface area contributed by atoms with E-state index < -0.39 is 0 Å². The minimum atomic E-state index is -0.0158. The van der Waals surface area contributed by atoms with Gasteiger partial charge in [0.25, 0.3) is 5.56 Å². The molecule has 0 saturated heterocycles. The lowest BCUT2D eigenvalue weighted by atomic mass is 10.0. The number of aromatic amines is 1. The van der Waals surface area contributed by atoms with Crippen molar-refractivity contribution in [2.45, 2.75) is 63.9 Å². The Kier molecular flexibility index (Phi) is 9.72. The zero-order valence-corrected chi connectivity index (χ0v) is 16.1. The maximum absolute atomic E-state index is 12.1. The van der Waals surface area contributed by atoms with E-state index in [9.17, 15) is 4.79 Å². The highest BCUT2D eigenvalue weighted by atomic mass is 32.2. The molecule has 5 heteroatoms. The molecule has 1 saturated carbocycles. The second kappa shape index (κ2) is 11.3. The molecule has 1 fully saturated rings. The first-order chi connectivity index (χ1) is 11.7. The van der Waals surface area contributed by atoms with E-state index in [1.807, 2.05) is 50.7 Å². The van der Waals surface area contributed by atoms with Crippen molar-refractivity contribution in [1.29, 1.82) is 0 Å². The van der Waals surface area contributed by atoms with Crippen molar-refractivity contribution in [3.63, 3.8) is 0 Å². The van der Waals surface area contributed by atoms with E-state index in [1.165, 1.54) is 32.1 Å². The summed E-state index contributed by atoms with van der Waals surface area (Å²) in [6.07, 6.45) is 6.68. The fourth-order valence-corrected chi connectivity index (χ4v) is 4.05. The van der Waals surface area contributed by atoms with Crippen LogP contribution < -0.4 is 5.56 Å². The van der Waals surface area contributed by atoms with Crippen LogP contribution in [-0.4, -0.2) is 27.4 Å². The summed E-state index contributed by atoms with van der Waals surface area (Å²) in [6.45, 7) is 6.01.